The number of hydrogen-bond donors (Lipinski definition) is 2. The van der Waals surface area contributed by atoms with E-state index in [2.05, 4.69) is 4.99 Å². The molecule has 41 heavy (non-hydrogen) atoms. The van der Waals surface area contributed by atoms with E-state index < -0.39 is 42.3 Å². The first-order chi connectivity index (χ1) is 19.4. The number of primary amides is 1. The molecular formula is C30H42N2O9. The summed E-state index contributed by atoms with van der Waals surface area (Å²) < 4.78 is 27.5. The smallest absolute Gasteiger partial charge is 0.405 e. The zero-order chi connectivity index (χ0) is 30.9. The number of aliphatic hydroxyl groups is 1. The molecule has 2 amide bonds. The van der Waals surface area contributed by atoms with Gasteiger partial charge in [-0.2, -0.15) is 0 Å². The molecule has 11 nitrogen and oxygen atoms in total. The summed E-state index contributed by atoms with van der Waals surface area (Å²) in [5, 5.41) is 11.2. The summed E-state index contributed by atoms with van der Waals surface area (Å²) in [6.07, 6.45) is 4.38. The molecule has 11 heteroatoms. The van der Waals surface area contributed by atoms with Crippen LogP contribution >= 0.6 is 0 Å². The van der Waals surface area contributed by atoms with Crippen LogP contribution in [0.15, 0.2) is 63.6 Å². The minimum absolute atomic E-state index is 0.0351. The third-order valence-electron chi connectivity index (χ3n) is 7.10. The van der Waals surface area contributed by atoms with Gasteiger partial charge >= 0.3 is 6.09 Å². The fraction of sp³-hybridized carbons (Fsp3) is 0.533. The number of hydrogen-bond acceptors (Lipinski definition) is 9. The number of nitrogens with two attached hydrogens (primary N) is 1. The Morgan fingerprint density at radius 1 is 1.07 bits per heavy atom. The molecule has 0 saturated carbocycles. The number of rotatable bonds is 5. The van der Waals surface area contributed by atoms with Crippen LogP contribution in [0.4, 0.5) is 4.79 Å². The van der Waals surface area contributed by atoms with Gasteiger partial charge in [-0.15, -0.1) is 0 Å². The van der Waals surface area contributed by atoms with E-state index in [9.17, 15) is 19.5 Å². The van der Waals surface area contributed by atoms with Gasteiger partial charge in [0, 0.05) is 37.4 Å². The largest absolute Gasteiger partial charge is 0.494 e. The van der Waals surface area contributed by atoms with Crippen LogP contribution in [0.1, 0.15) is 40.5 Å². The average molecular weight is 575 g/mol. The molecule has 3 N–H and O–H groups in total. The van der Waals surface area contributed by atoms with Gasteiger partial charge in [0.25, 0.3) is 5.91 Å². The Bertz CT molecular complexity index is 1180. The summed E-state index contributed by atoms with van der Waals surface area (Å²) in [6.45, 7) is 7.07. The van der Waals surface area contributed by atoms with Crippen LogP contribution in [-0.4, -0.2) is 81.5 Å². The highest BCUT2D eigenvalue weighted by Crippen LogP contribution is 2.30. The Morgan fingerprint density at radius 2 is 1.76 bits per heavy atom. The summed E-state index contributed by atoms with van der Waals surface area (Å²) >= 11 is 0. The maximum Gasteiger partial charge on any atom is 0.405 e. The molecule has 0 spiro atoms. The molecule has 2 aliphatic rings. The third kappa shape index (κ3) is 8.72. The lowest BCUT2D eigenvalue weighted by Crippen LogP contribution is -2.37. The van der Waals surface area contributed by atoms with Gasteiger partial charge in [0.2, 0.25) is 5.78 Å². The number of fused-ring (bicyclic) bond motifs is 1. The van der Waals surface area contributed by atoms with Gasteiger partial charge in [-0.1, -0.05) is 38.2 Å². The monoisotopic (exact) mass is 574 g/mol. The van der Waals surface area contributed by atoms with Gasteiger partial charge in [0.1, 0.15) is 11.8 Å². The number of allylic oxidation sites excluding steroid dienone is 4. The van der Waals surface area contributed by atoms with E-state index in [-0.39, 0.29) is 40.9 Å². The van der Waals surface area contributed by atoms with Crippen LogP contribution in [0, 0.1) is 11.8 Å². The second kappa shape index (κ2) is 15.5. The Hall–Kier alpha value is -3.54. The number of nitrogens with zero attached hydrogens (tertiary/aromatic N) is 1. The quantitative estimate of drug-likeness (QED) is 0.371. The van der Waals surface area contributed by atoms with Crippen molar-refractivity contribution in [1.29, 1.82) is 0 Å². The van der Waals surface area contributed by atoms with E-state index >= 15 is 0 Å². The Labute approximate surface area is 241 Å². The molecule has 2 bridgehead atoms. The number of carbonyl (C=O) groups excluding carboxylic acids is 3. The second-order valence-corrected chi connectivity index (χ2v) is 10.2. The van der Waals surface area contributed by atoms with Crippen molar-refractivity contribution in [3.05, 3.63) is 58.6 Å². The van der Waals surface area contributed by atoms with Gasteiger partial charge < -0.3 is 34.5 Å². The van der Waals surface area contributed by atoms with E-state index in [4.69, 9.17) is 29.4 Å². The summed E-state index contributed by atoms with van der Waals surface area (Å²) in [6, 6.07) is 0. The molecule has 1 aliphatic carbocycles. The van der Waals surface area contributed by atoms with Gasteiger partial charge in [0.05, 0.1) is 26.4 Å². The zero-order valence-electron chi connectivity index (χ0n) is 25.0. The minimum Gasteiger partial charge on any atom is -0.494 e. The van der Waals surface area contributed by atoms with Crippen LogP contribution in [0.3, 0.4) is 0 Å². The normalized spacial score (nSPS) is 32.1. The standard InChI is InChI=1S/C30H42N2O9/c1-16-12-20-26(34)24(39-7)15-21(28(20)40-8)32-29(35)17(2)10-9-11-22(37-5)27(41-30(31)36)19(4)14-18(3)25(33)23(13-16)38-6/h9-11,14-16,18,22-23,25,27,33H,12-13H2,1-8H3,(H2,31,36)/b11-9-,17-10+,19-14+,32-21?/t16-,18+,22+,23+,25-,27+/m1/s1. The SMILES string of the molecule is COC1=CC2=NC(=O)/C(C)=C/C=C\[C@H](OC)[C@@H](OC(N)=O)/C(C)=C/[C@H](C)[C@@H](O)[C@@H](OC)C[C@H](C)CC(=C2OC)C1=O. The first-order valence-electron chi connectivity index (χ1n) is 13.3. The van der Waals surface area contributed by atoms with Gasteiger partial charge in [-0.05, 0) is 38.2 Å². The predicted octanol–water partition coefficient (Wildman–Crippen LogP) is 3.34. The van der Waals surface area contributed by atoms with Crippen molar-refractivity contribution in [3.63, 3.8) is 0 Å². The van der Waals surface area contributed by atoms with Crippen molar-refractivity contribution in [2.45, 2.75) is 65.0 Å². The summed E-state index contributed by atoms with van der Waals surface area (Å²) in [7, 11) is 5.74. The van der Waals surface area contributed by atoms with Crippen molar-refractivity contribution in [3.8, 4) is 0 Å². The van der Waals surface area contributed by atoms with E-state index in [0.29, 0.717) is 17.6 Å². The van der Waals surface area contributed by atoms with E-state index in [1.807, 2.05) is 13.8 Å². The molecule has 0 fully saturated rings. The number of aliphatic hydroxyl groups excluding tert-OH is 1. The Kier molecular flexibility index (Phi) is 12.7. The Balaban J connectivity index is 2.71. The summed E-state index contributed by atoms with van der Waals surface area (Å²) in [5.74, 6) is -1.27. The van der Waals surface area contributed by atoms with Crippen LogP contribution in [0.25, 0.3) is 0 Å². The van der Waals surface area contributed by atoms with Crippen molar-refractivity contribution >= 4 is 23.5 Å². The molecule has 0 saturated heterocycles. The third-order valence-corrected chi connectivity index (χ3v) is 7.10. The lowest BCUT2D eigenvalue weighted by Gasteiger charge is -2.30. The van der Waals surface area contributed by atoms with E-state index in [1.54, 1.807) is 32.1 Å². The number of aliphatic imine (C=N–C) groups is 1. The van der Waals surface area contributed by atoms with E-state index in [1.165, 1.54) is 40.6 Å². The average Bonchev–Trinajstić information content (AvgIpc) is 2.93. The fourth-order valence-electron chi connectivity index (χ4n) is 4.89. The molecule has 0 aromatic rings. The number of ketones is 1. The van der Waals surface area contributed by atoms with Gasteiger partial charge in [0.15, 0.2) is 17.6 Å². The molecule has 0 radical (unpaired) electrons. The minimum atomic E-state index is -0.988. The van der Waals surface area contributed by atoms with Crippen LogP contribution < -0.4 is 5.73 Å². The van der Waals surface area contributed by atoms with Crippen LogP contribution in [-0.2, 0) is 33.3 Å². The van der Waals surface area contributed by atoms with Gasteiger partial charge in [-0.25, -0.2) is 9.79 Å². The lowest BCUT2D eigenvalue weighted by molar-refractivity contribution is -0.116. The maximum atomic E-state index is 13.2. The highest BCUT2D eigenvalue weighted by atomic mass is 16.6. The second-order valence-electron chi connectivity index (χ2n) is 10.2. The topological polar surface area (TPSA) is 156 Å². The highest BCUT2D eigenvalue weighted by Gasteiger charge is 2.33. The molecule has 0 unspecified atom stereocenters. The molecule has 1 aliphatic heterocycles. The number of methoxy groups -OCH3 is 4. The van der Waals surface area contributed by atoms with Crippen LogP contribution in [0.5, 0.6) is 0 Å². The maximum absolute atomic E-state index is 13.2. The molecule has 0 aromatic carbocycles. The van der Waals surface area contributed by atoms with Gasteiger partial charge in [-0.3, -0.25) is 9.59 Å². The molecule has 6 atom stereocenters. The van der Waals surface area contributed by atoms with Crippen molar-refractivity contribution < 1.29 is 43.2 Å². The van der Waals surface area contributed by atoms with Crippen molar-refractivity contribution in [2.75, 3.05) is 28.4 Å². The lowest BCUT2D eigenvalue weighted by atomic mass is 9.85. The fourth-order valence-corrected chi connectivity index (χ4v) is 4.89. The Morgan fingerprint density at radius 3 is 2.32 bits per heavy atom. The number of carbonyl (C=O) groups is 3. The first kappa shape index (κ1) is 33.7. The van der Waals surface area contributed by atoms with Crippen molar-refractivity contribution in [2.24, 2.45) is 22.6 Å². The highest BCUT2D eigenvalue weighted by molar-refractivity contribution is 6.25. The first-order valence-corrected chi connectivity index (χ1v) is 13.3. The predicted molar refractivity (Wildman–Crippen MR) is 153 cm³/mol. The number of Topliss-reactive ketones (excluding diaryl/α,β-unsaturated/α-hetero) is 1. The molecular weight excluding hydrogens is 532 g/mol. The molecule has 1 heterocycles. The summed E-state index contributed by atoms with van der Waals surface area (Å²) in [5.41, 5.74) is 6.70. The zero-order valence-corrected chi connectivity index (χ0v) is 25.0. The van der Waals surface area contributed by atoms with Crippen molar-refractivity contribution in [1.82, 2.24) is 0 Å². The molecule has 2 rings (SSSR count). The van der Waals surface area contributed by atoms with E-state index in [0.717, 1.165) is 0 Å². The molecule has 0 aromatic heterocycles. The summed E-state index contributed by atoms with van der Waals surface area (Å²) in [4.78, 5) is 42.2. The number of ether oxygens (including phenoxy) is 5. The van der Waals surface area contributed by atoms with Crippen LogP contribution in [0.2, 0.25) is 0 Å². The number of amides is 2. The molecule has 226 valence electrons.